The van der Waals surface area contributed by atoms with Crippen LogP contribution in [0.2, 0.25) is 25.1 Å². The Hall–Kier alpha value is -1.67. The molecular formula is C24H15Cl5. The Morgan fingerprint density at radius 2 is 0.828 bits per heavy atom. The highest BCUT2D eigenvalue weighted by Crippen LogP contribution is 2.34. The maximum absolute atomic E-state index is 6.09. The summed E-state index contributed by atoms with van der Waals surface area (Å²) in [4.78, 5) is 0. The molecule has 5 heteroatoms. The van der Waals surface area contributed by atoms with Gasteiger partial charge in [-0.1, -0.05) is 107 Å². The van der Waals surface area contributed by atoms with Gasteiger partial charge >= 0.3 is 0 Å². The normalized spacial score (nSPS) is 10.2. The lowest BCUT2D eigenvalue weighted by Crippen LogP contribution is -1.80. The molecule has 0 aliphatic carbocycles. The molecule has 4 rings (SSSR count). The van der Waals surface area contributed by atoms with Crippen LogP contribution in [0.4, 0.5) is 0 Å². The predicted molar refractivity (Wildman–Crippen MR) is 129 cm³/mol. The van der Waals surface area contributed by atoms with Crippen molar-refractivity contribution >= 4 is 58.0 Å². The number of halogens is 5. The van der Waals surface area contributed by atoms with Crippen LogP contribution in [0.3, 0.4) is 0 Å². The van der Waals surface area contributed by atoms with Crippen molar-refractivity contribution in [1.82, 2.24) is 0 Å². The first-order valence-corrected chi connectivity index (χ1v) is 10.5. The molecular weight excluding hydrogens is 466 g/mol. The maximum atomic E-state index is 6.09. The van der Waals surface area contributed by atoms with Crippen molar-refractivity contribution in [2.45, 2.75) is 0 Å². The summed E-state index contributed by atoms with van der Waals surface area (Å²) in [6, 6.07) is 28.4. The van der Waals surface area contributed by atoms with Crippen LogP contribution >= 0.6 is 58.0 Å². The van der Waals surface area contributed by atoms with Gasteiger partial charge < -0.3 is 0 Å². The standard InChI is InChI=1S/C12H7Cl3.C12H8Cl2/c13-8-5-6-10(12(15)7-8)9-3-1-2-4-11(9)14;13-11-5-1-9(2-6-11)10-3-7-12(14)8-4-10/h1-7H;1-8H. The molecule has 4 aromatic rings. The average molecular weight is 481 g/mol. The highest BCUT2D eigenvalue weighted by molar-refractivity contribution is 6.38. The lowest BCUT2D eigenvalue weighted by atomic mass is 10.1. The van der Waals surface area contributed by atoms with E-state index in [4.69, 9.17) is 58.0 Å². The van der Waals surface area contributed by atoms with Gasteiger partial charge in [0.15, 0.2) is 0 Å². The SMILES string of the molecule is Clc1ccc(-c2ccc(Cl)cc2)cc1.Clc1ccc(-c2ccccc2Cl)c(Cl)c1. The molecule has 0 aromatic heterocycles. The third-order valence-electron chi connectivity index (χ3n) is 4.12. The fourth-order valence-corrected chi connectivity index (χ4v) is 3.67. The van der Waals surface area contributed by atoms with Crippen LogP contribution in [-0.4, -0.2) is 0 Å². The molecule has 4 aromatic carbocycles. The number of hydrogen-bond donors (Lipinski definition) is 0. The fraction of sp³-hybridized carbons (Fsp3) is 0. The van der Waals surface area contributed by atoms with Gasteiger partial charge in [-0.05, 0) is 53.6 Å². The molecule has 0 heterocycles. The van der Waals surface area contributed by atoms with Crippen LogP contribution in [-0.2, 0) is 0 Å². The second-order valence-corrected chi connectivity index (χ2v) is 8.24. The molecule has 29 heavy (non-hydrogen) atoms. The first kappa shape index (κ1) is 22.0. The van der Waals surface area contributed by atoms with E-state index in [9.17, 15) is 0 Å². The summed E-state index contributed by atoms with van der Waals surface area (Å²) in [6.07, 6.45) is 0. The third kappa shape index (κ3) is 6.15. The smallest absolute Gasteiger partial charge is 0.0499 e. The molecule has 0 saturated carbocycles. The summed E-state index contributed by atoms with van der Waals surface area (Å²) in [5.74, 6) is 0. The van der Waals surface area contributed by atoms with Crippen LogP contribution in [0, 0.1) is 0 Å². The number of rotatable bonds is 2. The zero-order valence-electron chi connectivity index (χ0n) is 15.1. The van der Waals surface area contributed by atoms with Gasteiger partial charge in [-0.25, -0.2) is 0 Å². The second-order valence-electron chi connectivity index (χ2n) is 6.12. The van der Waals surface area contributed by atoms with Crippen molar-refractivity contribution in [3.63, 3.8) is 0 Å². The Kier molecular flexibility index (Phi) is 7.89. The van der Waals surface area contributed by atoms with Crippen molar-refractivity contribution in [2.75, 3.05) is 0 Å². The highest BCUT2D eigenvalue weighted by Gasteiger charge is 2.06. The summed E-state index contributed by atoms with van der Waals surface area (Å²) in [5, 5.41) is 3.42. The molecule has 0 aliphatic rings. The molecule has 0 fully saturated rings. The molecule has 0 atom stereocenters. The molecule has 146 valence electrons. The Balaban J connectivity index is 0.000000166. The molecule has 0 aliphatic heterocycles. The van der Waals surface area contributed by atoms with E-state index in [2.05, 4.69) is 0 Å². The van der Waals surface area contributed by atoms with Gasteiger partial charge in [-0.3, -0.25) is 0 Å². The topological polar surface area (TPSA) is 0 Å². The molecule has 0 nitrogen and oxygen atoms in total. The molecule has 0 saturated heterocycles. The van der Waals surface area contributed by atoms with Crippen LogP contribution < -0.4 is 0 Å². The first-order chi connectivity index (χ1) is 13.9. The highest BCUT2D eigenvalue weighted by atomic mass is 35.5. The molecule has 0 spiro atoms. The summed E-state index contributed by atoms with van der Waals surface area (Å²) >= 11 is 29.6. The van der Waals surface area contributed by atoms with Crippen LogP contribution in [0.15, 0.2) is 91.0 Å². The largest absolute Gasteiger partial charge is 0.0843 e. The zero-order valence-corrected chi connectivity index (χ0v) is 18.8. The van der Waals surface area contributed by atoms with E-state index in [0.29, 0.717) is 15.1 Å². The van der Waals surface area contributed by atoms with Gasteiger partial charge in [-0.15, -0.1) is 0 Å². The number of hydrogen-bond acceptors (Lipinski definition) is 0. The minimum Gasteiger partial charge on any atom is -0.0843 e. The van der Waals surface area contributed by atoms with Gasteiger partial charge in [0.2, 0.25) is 0 Å². The van der Waals surface area contributed by atoms with Crippen LogP contribution in [0.25, 0.3) is 22.3 Å². The van der Waals surface area contributed by atoms with Crippen molar-refractivity contribution in [1.29, 1.82) is 0 Å². The Labute approximate surface area is 195 Å². The maximum Gasteiger partial charge on any atom is 0.0499 e. The van der Waals surface area contributed by atoms with E-state index in [-0.39, 0.29) is 0 Å². The summed E-state index contributed by atoms with van der Waals surface area (Å²) in [5.41, 5.74) is 4.10. The second kappa shape index (κ2) is 10.4. The van der Waals surface area contributed by atoms with Crippen LogP contribution in [0.1, 0.15) is 0 Å². The molecule has 0 bridgehead atoms. The van der Waals surface area contributed by atoms with Gasteiger partial charge in [-0.2, -0.15) is 0 Å². The van der Waals surface area contributed by atoms with Crippen molar-refractivity contribution in [3.8, 4) is 22.3 Å². The van der Waals surface area contributed by atoms with Gasteiger partial charge in [0.1, 0.15) is 0 Å². The first-order valence-electron chi connectivity index (χ1n) is 8.65. The molecule has 0 amide bonds. The summed E-state index contributed by atoms with van der Waals surface area (Å²) in [6.45, 7) is 0. The predicted octanol–water partition coefficient (Wildman–Crippen LogP) is 9.97. The summed E-state index contributed by atoms with van der Waals surface area (Å²) < 4.78 is 0. The van der Waals surface area contributed by atoms with E-state index in [1.807, 2.05) is 78.9 Å². The van der Waals surface area contributed by atoms with E-state index in [1.54, 1.807) is 12.1 Å². The molecule has 0 N–H and O–H groups in total. The van der Waals surface area contributed by atoms with E-state index < -0.39 is 0 Å². The summed E-state index contributed by atoms with van der Waals surface area (Å²) in [7, 11) is 0. The van der Waals surface area contributed by atoms with Gasteiger partial charge in [0.25, 0.3) is 0 Å². The van der Waals surface area contributed by atoms with Gasteiger partial charge in [0, 0.05) is 36.2 Å². The quantitative estimate of drug-likeness (QED) is 0.268. The van der Waals surface area contributed by atoms with E-state index in [1.165, 1.54) is 0 Å². The van der Waals surface area contributed by atoms with E-state index >= 15 is 0 Å². The average Bonchev–Trinajstić information content (AvgIpc) is 2.71. The minimum absolute atomic E-state index is 0.607. The van der Waals surface area contributed by atoms with Crippen molar-refractivity contribution in [3.05, 3.63) is 116 Å². The van der Waals surface area contributed by atoms with E-state index in [0.717, 1.165) is 32.3 Å². The molecule has 0 unspecified atom stereocenters. The Morgan fingerprint density at radius 1 is 0.379 bits per heavy atom. The Morgan fingerprint density at radius 3 is 1.31 bits per heavy atom. The monoisotopic (exact) mass is 478 g/mol. The lowest BCUT2D eigenvalue weighted by Gasteiger charge is -2.06. The molecule has 0 radical (unpaired) electrons. The fourth-order valence-electron chi connectivity index (χ4n) is 2.67. The lowest BCUT2D eigenvalue weighted by molar-refractivity contribution is 1.62. The minimum atomic E-state index is 0.607. The van der Waals surface area contributed by atoms with Gasteiger partial charge in [0.05, 0.1) is 0 Å². The van der Waals surface area contributed by atoms with Crippen LogP contribution in [0.5, 0.6) is 0 Å². The third-order valence-corrected chi connectivity index (χ3v) is 5.50. The van der Waals surface area contributed by atoms with Crippen molar-refractivity contribution < 1.29 is 0 Å². The van der Waals surface area contributed by atoms with Crippen molar-refractivity contribution in [2.24, 2.45) is 0 Å². The number of benzene rings is 4. The Bertz CT molecular complexity index is 1040. The zero-order chi connectivity index (χ0) is 20.8.